The predicted molar refractivity (Wildman–Crippen MR) is 77.5 cm³/mol. The second-order valence-corrected chi connectivity index (χ2v) is 5.22. The summed E-state index contributed by atoms with van der Waals surface area (Å²) in [7, 11) is 1.94. The van der Waals surface area contributed by atoms with Gasteiger partial charge in [0.15, 0.2) is 10.9 Å². The van der Waals surface area contributed by atoms with Gasteiger partial charge in [0.25, 0.3) is 5.91 Å². The lowest BCUT2D eigenvalue weighted by Crippen LogP contribution is -2.25. The highest BCUT2D eigenvalue weighted by Gasteiger charge is 2.11. The predicted octanol–water partition coefficient (Wildman–Crippen LogP) is 1.38. The van der Waals surface area contributed by atoms with Crippen LogP contribution in [0.2, 0.25) is 0 Å². The molecule has 7 heteroatoms. The molecule has 0 aromatic carbocycles. The number of aryl methyl sites for hydroxylation is 1. The minimum atomic E-state index is -0.202. The van der Waals surface area contributed by atoms with E-state index in [1.807, 2.05) is 23.9 Å². The lowest BCUT2D eigenvalue weighted by atomic mass is 10.4. The molecule has 0 aliphatic heterocycles. The van der Waals surface area contributed by atoms with Gasteiger partial charge < -0.3 is 20.0 Å². The maximum absolute atomic E-state index is 11.8. The number of carbonyl (C=O) groups is 1. The highest BCUT2D eigenvalue weighted by Crippen LogP contribution is 2.21. The van der Waals surface area contributed by atoms with Gasteiger partial charge in [0.05, 0.1) is 5.75 Å². The molecule has 20 heavy (non-hydrogen) atoms. The molecule has 0 saturated heterocycles. The van der Waals surface area contributed by atoms with Crippen LogP contribution in [0.4, 0.5) is 0 Å². The third kappa shape index (κ3) is 3.88. The number of hydrogen-bond donors (Lipinski definition) is 2. The van der Waals surface area contributed by atoms with Crippen molar-refractivity contribution in [2.45, 2.75) is 17.3 Å². The minimum absolute atomic E-state index is 0.202. The molecule has 0 unspecified atom stereocenters. The lowest BCUT2D eigenvalue weighted by molar-refractivity contribution is 0.0924. The molecule has 2 aromatic heterocycles. The summed E-state index contributed by atoms with van der Waals surface area (Å²) in [6.07, 6.45) is 4.40. The second-order valence-electron chi connectivity index (χ2n) is 4.27. The molecule has 1 amide bonds. The van der Waals surface area contributed by atoms with Gasteiger partial charge in [0, 0.05) is 26.0 Å². The Bertz CT molecular complexity index is 564. The van der Waals surface area contributed by atoms with Crippen LogP contribution in [0, 0.1) is 0 Å². The van der Waals surface area contributed by atoms with E-state index in [1.165, 1.54) is 0 Å². The van der Waals surface area contributed by atoms with Crippen LogP contribution in [0.3, 0.4) is 0 Å². The molecule has 3 N–H and O–H groups in total. The van der Waals surface area contributed by atoms with Crippen molar-refractivity contribution in [2.24, 2.45) is 12.8 Å². The SMILES string of the molecule is Cn1ccnc1SCc1ccc(C(=O)NCCCN)o1. The molecule has 0 spiro atoms. The Balaban J connectivity index is 1.85. The summed E-state index contributed by atoms with van der Waals surface area (Å²) in [4.78, 5) is 16.0. The summed E-state index contributed by atoms with van der Waals surface area (Å²) in [5.41, 5.74) is 5.37. The fourth-order valence-electron chi connectivity index (χ4n) is 1.60. The van der Waals surface area contributed by atoms with Crippen LogP contribution < -0.4 is 11.1 Å². The molecule has 2 rings (SSSR count). The van der Waals surface area contributed by atoms with E-state index >= 15 is 0 Å². The smallest absolute Gasteiger partial charge is 0.286 e. The molecule has 0 bridgehead atoms. The van der Waals surface area contributed by atoms with Crippen molar-refractivity contribution in [3.05, 3.63) is 36.0 Å². The summed E-state index contributed by atoms with van der Waals surface area (Å²) < 4.78 is 7.45. The van der Waals surface area contributed by atoms with Gasteiger partial charge in [0.2, 0.25) is 0 Å². The maximum Gasteiger partial charge on any atom is 0.286 e. The summed E-state index contributed by atoms with van der Waals surface area (Å²) in [5, 5.41) is 3.67. The second kappa shape index (κ2) is 7.16. The van der Waals surface area contributed by atoms with E-state index in [-0.39, 0.29) is 5.91 Å². The molecule has 6 nitrogen and oxygen atoms in total. The number of aromatic nitrogens is 2. The topological polar surface area (TPSA) is 86.1 Å². The van der Waals surface area contributed by atoms with Crippen molar-refractivity contribution >= 4 is 17.7 Å². The van der Waals surface area contributed by atoms with Crippen LogP contribution in [0.25, 0.3) is 0 Å². The third-order valence-electron chi connectivity index (χ3n) is 2.67. The number of thioether (sulfide) groups is 1. The van der Waals surface area contributed by atoms with E-state index in [0.717, 1.165) is 17.3 Å². The number of hydrogen-bond acceptors (Lipinski definition) is 5. The van der Waals surface area contributed by atoms with E-state index in [4.69, 9.17) is 10.2 Å². The Kier molecular flexibility index (Phi) is 5.25. The minimum Gasteiger partial charge on any atom is -0.455 e. The first-order chi connectivity index (χ1) is 9.70. The van der Waals surface area contributed by atoms with Crippen molar-refractivity contribution in [1.82, 2.24) is 14.9 Å². The Labute approximate surface area is 121 Å². The van der Waals surface area contributed by atoms with Gasteiger partial charge in [-0.25, -0.2) is 4.98 Å². The monoisotopic (exact) mass is 294 g/mol. The first kappa shape index (κ1) is 14.7. The molecule has 2 heterocycles. The van der Waals surface area contributed by atoms with Gasteiger partial charge in [-0.15, -0.1) is 0 Å². The average Bonchev–Trinajstić information content (AvgIpc) is 3.05. The van der Waals surface area contributed by atoms with Crippen molar-refractivity contribution in [3.63, 3.8) is 0 Å². The van der Waals surface area contributed by atoms with Crippen molar-refractivity contribution < 1.29 is 9.21 Å². The molecule has 0 fully saturated rings. The first-order valence-corrected chi connectivity index (χ1v) is 7.36. The number of imidazole rings is 1. The zero-order valence-corrected chi connectivity index (χ0v) is 12.2. The van der Waals surface area contributed by atoms with E-state index in [1.54, 1.807) is 24.0 Å². The molecule has 2 aromatic rings. The van der Waals surface area contributed by atoms with E-state index in [9.17, 15) is 4.79 Å². The fraction of sp³-hybridized carbons (Fsp3) is 0.385. The standard InChI is InChI=1S/C13H18N4O2S/c1-17-8-7-16-13(17)20-9-10-3-4-11(19-10)12(18)15-6-2-5-14/h3-4,7-8H,2,5-6,9,14H2,1H3,(H,15,18). The summed E-state index contributed by atoms with van der Waals surface area (Å²) in [5.74, 6) is 1.52. The summed E-state index contributed by atoms with van der Waals surface area (Å²) in [6.45, 7) is 1.12. The lowest BCUT2D eigenvalue weighted by Gasteiger charge is -2.01. The van der Waals surface area contributed by atoms with Gasteiger partial charge in [-0.2, -0.15) is 0 Å². The normalized spacial score (nSPS) is 10.7. The number of rotatable bonds is 7. The number of furan rings is 1. The summed E-state index contributed by atoms with van der Waals surface area (Å²) >= 11 is 1.56. The highest BCUT2D eigenvalue weighted by atomic mass is 32.2. The van der Waals surface area contributed by atoms with Gasteiger partial charge in [-0.1, -0.05) is 11.8 Å². The van der Waals surface area contributed by atoms with E-state index in [0.29, 0.717) is 24.6 Å². The van der Waals surface area contributed by atoms with Crippen LogP contribution in [0.1, 0.15) is 22.7 Å². The number of nitrogens with two attached hydrogens (primary N) is 1. The molecule has 0 saturated carbocycles. The molecular formula is C13H18N4O2S. The van der Waals surface area contributed by atoms with Gasteiger partial charge in [-0.3, -0.25) is 4.79 Å². The third-order valence-corrected chi connectivity index (χ3v) is 3.75. The molecular weight excluding hydrogens is 276 g/mol. The molecule has 0 aliphatic rings. The Morgan fingerprint density at radius 2 is 2.40 bits per heavy atom. The summed E-state index contributed by atoms with van der Waals surface area (Å²) in [6, 6.07) is 3.50. The van der Waals surface area contributed by atoms with Crippen LogP contribution in [-0.4, -0.2) is 28.5 Å². The van der Waals surface area contributed by atoms with Crippen molar-refractivity contribution in [2.75, 3.05) is 13.1 Å². The van der Waals surface area contributed by atoms with Gasteiger partial charge in [-0.05, 0) is 25.1 Å². The van der Waals surface area contributed by atoms with Gasteiger partial charge in [0.1, 0.15) is 5.76 Å². The zero-order valence-electron chi connectivity index (χ0n) is 11.3. The van der Waals surface area contributed by atoms with Crippen molar-refractivity contribution in [1.29, 1.82) is 0 Å². The number of carbonyl (C=O) groups excluding carboxylic acids is 1. The zero-order chi connectivity index (χ0) is 14.4. The number of nitrogens with zero attached hydrogens (tertiary/aromatic N) is 2. The number of amides is 1. The largest absolute Gasteiger partial charge is 0.455 e. The fourth-order valence-corrected chi connectivity index (χ4v) is 2.42. The van der Waals surface area contributed by atoms with Crippen LogP contribution in [0.15, 0.2) is 34.1 Å². The quantitative estimate of drug-likeness (QED) is 0.595. The molecule has 0 atom stereocenters. The first-order valence-electron chi connectivity index (χ1n) is 6.38. The molecule has 0 aliphatic carbocycles. The van der Waals surface area contributed by atoms with Crippen LogP contribution >= 0.6 is 11.8 Å². The van der Waals surface area contributed by atoms with Gasteiger partial charge >= 0.3 is 0 Å². The Hall–Kier alpha value is -1.73. The number of nitrogens with one attached hydrogen (secondary N) is 1. The Morgan fingerprint density at radius 1 is 1.55 bits per heavy atom. The maximum atomic E-state index is 11.8. The van der Waals surface area contributed by atoms with E-state index < -0.39 is 0 Å². The average molecular weight is 294 g/mol. The molecule has 0 radical (unpaired) electrons. The van der Waals surface area contributed by atoms with E-state index in [2.05, 4.69) is 10.3 Å². The van der Waals surface area contributed by atoms with Crippen LogP contribution in [0.5, 0.6) is 0 Å². The van der Waals surface area contributed by atoms with Crippen LogP contribution in [-0.2, 0) is 12.8 Å². The highest BCUT2D eigenvalue weighted by molar-refractivity contribution is 7.98. The molecule has 108 valence electrons. The van der Waals surface area contributed by atoms with Crippen molar-refractivity contribution in [3.8, 4) is 0 Å². The Morgan fingerprint density at radius 3 is 3.10 bits per heavy atom.